The summed E-state index contributed by atoms with van der Waals surface area (Å²) in [6.07, 6.45) is 5.84. The van der Waals surface area contributed by atoms with Crippen LogP contribution in [-0.4, -0.2) is 18.5 Å². The molecule has 2 aromatic rings. The summed E-state index contributed by atoms with van der Waals surface area (Å²) in [6, 6.07) is 8.68. The predicted octanol–water partition coefficient (Wildman–Crippen LogP) is 3.11. The van der Waals surface area contributed by atoms with Gasteiger partial charge in [0.25, 0.3) is 5.91 Å². The van der Waals surface area contributed by atoms with E-state index < -0.39 is 0 Å². The summed E-state index contributed by atoms with van der Waals surface area (Å²) in [5, 5.41) is 2.74. The van der Waals surface area contributed by atoms with Crippen LogP contribution in [-0.2, 0) is 9.53 Å². The number of amides is 1. The van der Waals surface area contributed by atoms with Crippen molar-refractivity contribution in [3.8, 4) is 0 Å². The van der Waals surface area contributed by atoms with E-state index in [-0.39, 0.29) is 11.9 Å². The first-order chi connectivity index (χ1) is 10.2. The van der Waals surface area contributed by atoms with Gasteiger partial charge in [0, 0.05) is 11.8 Å². The number of benzene rings is 1. The number of nitrogens with one attached hydrogen (secondary N) is 1. The van der Waals surface area contributed by atoms with Gasteiger partial charge in [0.1, 0.15) is 6.26 Å². The first kappa shape index (κ1) is 14.6. The molecule has 0 bridgehead atoms. The molecule has 0 atom stereocenters. The molecule has 0 aliphatic heterocycles. The molecule has 0 aliphatic rings. The molecule has 0 aliphatic carbocycles. The average molecular weight is 285 g/mol. The van der Waals surface area contributed by atoms with E-state index in [4.69, 9.17) is 9.15 Å². The van der Waals surface area contributed by atoms with Crippen LogP contribution in [0.1, 0.15) is 22.8 Å². The summed E-state index contributed by atoms with van der Waals surface area (Å²) in [5.74, 6) is -0.617. The highest BCUT2D eigenvalue weighted by Crippen LogP contribution is 2.12. The zero-order chi connectivity index (χ0) is 15.1. The van der Waals surface area contributed by atoms with E-state index in [1.54, 1.807) is 43.3 Å². The van der Waals surface area contributed by atoms with Gasteiger partial charge in [0.05, 0.1) is 18.4 Å². The Morgan fingerprint density at radius 1 is 1.24 bits per heavy atom. The second-order valence-electron chi connectivity index (χ2n) is 4.17. The maximum atomic E-state index is 11.8. The highest BCUT2D eigenvalue weighted by atomic mass is 16.5. The van der Waals surface area contributed by atoms with Crippen molar-refractivity contribution in [2.75, 3.05) is 11.9 Å². The van der Waals surface area contributed by atoms with E-state index in [1.165, 1.54) is 18.6 Å². The average Bonchev–Trinajstić information content (AvgIpc) is 3.01. The van der Waals surface area contributed by atoms with Gasteiger partial charge in [-0.2, -0.15) is 0 Å². The van der Waals surface area contributed by atoms with Gasteiger partial charge >= 0.3 is 5.97 Å². The SMILES string of the molecule is CCOC(=O)C=Cc1ccc(NC(=O)c2ccoc2)cc1. The van der Waals surface area contributed by atoms with Gasteiger partial charge in [0.15, 0.2) is 0 Å². The van der Waals surface area contributed by atoms with Crippen molar-refractivity contribution in [2.45, 2.75) is 6.92 Å². The Morgan fingerprint density at radius 3 is 2.62 bits per heavy atom. The second kappa shape index (κ2) is 7.09. The van der Waals surface area contributed by atoms with Crippen molar-refractivity contribution in [2.24, 2.45) is 0 Å². The van der Waals surface area contributed by atoms with E-state index in [0.29, 0.717) is 17.9 Å². The fourth-order valence-electron chi connectivity index (χ4n) is 1.63. The van der Waals surface area contributed by atoms with Gasteiger partial charge < -0.3 is 14.5 Å². The topological polar surface area (TPSA) is 68.5 Å². The number of esters is 1. The van der Waals surface area contributed by atoms with Crippen molar-refractivity contribution in [1.29, 1.82) is 0 Å². The Hall–Kier alpha value is -2.82. The van der Waals surface area contributed by atoms with Crippen molar-refractivity contribution in [1.82, 2.24) is 0 Å². The number of carbonyl (C=O) groups excluding carboxylic acids is 2. The molecule has 1 heterocycles. The zero-order valence-electron chi connectivity index (χ0n) is 11.5. The minimum atomic E-state index is -0.380. The summed E-state index contributed by atoms with van der Waals surface area (Å²) in [7, 11) is 0. The molecular formula is C16H15NO4. The Balaban J connectivity index is 1.96. The molecule has 0 radical (unpaired) electrons. The first-order valence-electron chi connectivity index (χ1n) is 6.47. The molecule has 0 spiro atoms. The molecule has 1 amide bonds. The number of ether oxygens (including phenoxy) is 1. The predicted molar refractivity (Wildman–Crippen MR) is 78.8 cm³/mol. The first-order valence-corrected chi connectivity index (χ1v) is 6.47. The highest BCUT2D eigenvalue weighted by Gasteiger charge is 2.06. The summed E-state index contributed by atoms with van der Waals surface area (Å²) in [5.41, 5.74) is 1.96. The van der Waals surface area contributed by atoms with Gasteiger partial charge in [0.2, 0.25) is 0 Å². The number of anilines is 1. The monoisotopic (exact) mass is 285 g/mol. The standard InChI is InChI=1S/C16H15NO4/c1-2-21-15(18)8-5-12-3-6-14(7-4-12)17-16(19)13-9-10-20-11-13/h3-11H,2H2,1H3,(H,17,19). The van der Waals surface area contributed by atoms with E-state index >= 15 is 0 Å². The minimum absolute atomic E-state index is 0.237. The van der Waals surface area contributed by atoms with E-state index in [2.05, 4.69) is 5.32 Å². The number of hydrogen-bond acceptors (Lipinski definition) is 4. The normalized spacial score (nSPS) is 10.5. The van der Waals surface area contributed by atoms with Crippen molar-refractivity contribution < 1.29 is 18.7 Å². The molecule has 5 nitrogen and oxygen atoms in total. The second-order valence-corrected chi connectivity index (χ2v) is 4.17. The summed E-state index contributed by atoms with van der Waals surface area (Å²) < 4.78 is 9.64. The van der Waals surface area contributed by atoms with Crippen LogP contribution in [0.2, 0.25) is 0 Å². The van der Waals surface area contributed by atoms with Crippen LogP contribution in [0.3, 0.4) is 0 Å². The molecule has 21 heavy (non-hydrogen) atoms. The Labute approximate surface area is 122 Å². The maximum absolute atomic E-state index is 11.8. The molecule has 0 unspecified atom stereocenters. The molecule has 1 aromatic heterocycles. The van der Waals surface area contributed by atoms with Crippen LogP contribution in [0.15, 0.2) is 53.4 Å². The van der Waals surface area contributed by atoms with Gasteiger partial charge in [-0.25, -0.2) is 4.79 Å². The highest BCUT2D eigenvalue weighted by molar-refractivity contribution is 6.04. The molecule has 0 saturated heterocycles. The maximum Gasteiger partial charge on any atom is 0.330 e. The molecule has 0 saturated carbocycles. The van der Waals surface area contributed by atoms with Crippen molar-refractivity contribution in [3.05, 3.63) is 60.1 Å². The third-order valence-electron chi connectivity index (χ3n) is 2.65. The lowest BCUT2D eigenvalue weighted by molar-refractivity contribution is -0.137. The van der Waals surface area contributed by atoms with Crippen LogP contribution < -0.4 is 5.32 Å². The van der Waals surface area contributed by atoms with Crippen LogP contribution in [0, 0.1) is 0 Å². The van der Waals surface area contributed by atoms with Crippen LogP contribution >= 0.6 is 0 Å². The van der Waals surface area contributed by atoms with Gasteiger partial charge in [-0.15, -0.1) is 0 Å². The molecule has 5 heteroatoms. The van der Waals surface area contributed by atoms with Gasteiger partial charge in [-0.3, -0.25) is 4.79 Å². The van der Waals surface area contributed by atoms with E-state index in [9.17, 15) is 9.59 Å². The van der Waals surface area contributed by atoms with Crippen molar-refractivity contribution >= 4 is 23.6 Å². The Morgan fingerprint density at radius 2 is 2.00 bits per heavy atom. The lowest BCUT2D eigenvalue weighted by Crippen LogP contribution is -2.10. The molecule has 1 N–H and O–H groups in total. The lowest BCUT2D eigenvalue weighted by Gasteiger charge is -2.03. The lowest BCUT2D eigenvalue weighted by atomic mass is 10.2. The van der Waals surface area contributed by atoms with E-state index in [1.807, 2.05) is 0 Å². The fourth-order valence-corrected chi connectivity index (χ4v) is 1.63. The largest absolute Gasteiger partial charge is 0.472 e. The van der Waals surface area contributed by atoms with Gasteiger partial charge in [-0.05, 0) is 36.8 Å². The third kappa shape index (κ3) is 4.35. The Kier molecular flexibility index (Phi) is 4.93. The van der Waals surface area contributed by atoms with E-state index in [0.717, 1.165) is 5.56 Å². The third-order valence-corrected chi connectivity index (χ3v) is 2.65. The minimum Gasteiger partial charge on any atom is -0.472 e. The smallest absolute Gasteiger partial charge is 0.330 e. The number of hydrogen-bond donors (Lipinski definition) is 1. The summed E-state index contributed by atoms with van der Waals surface area (Å²) in [4.78, 5) is 23.0. The molecule has 108 valence electrons. The van der Waals surface area contributed by atoms with Crippen LogP contribution in [0.5, 0.6) is 0 Å². The molecule has 1 aromatic carbocycles. The summed E-state index contributed by atoms with van der Waals surface area (Å²) >= 11 is 0. The molecular weight excluding hydrogens is 270 g/mol. The Bertz CT molecular complexity index is 627. The van der Waals surface area contributed by atoms with Crippen LogP contribution in [0.25, 0.3) is 6.08 Å². The van der Waals surface area contributed by atoms with Gasteiger partial charge in [-0.1, -0.05) is 12.1 Å². The summed E-state index contributed by atoms with van der Waals surface area (Å²) in [6.45, 7) is 2.10. The quantitative estimate of drug-likeness (QED) is 0.677. The van der Waals surface area contributed by atoms with Crippen LogP contribution in [0.4, 0.5) is 5.69 Å². The molecule has 0 fully saturated rings. The molecule has 2 rings (SSSR count). The fraction of sp³-hybridized carbons (Fsp3) is 0.125. The number of furan rings is 1. The number of rotatable bonds is 5. The number of carbonyl (C=O) groups is 2. The van der Waals surface area contributed by atoms with Crippen molar-refractivity contribution in [3.63, 3.8) is 0 Å². The zero-order valence-corrected chi connectivity index (χ0v) is 11.5.